The minimum absolute atomic E-state index is 0.110. The Balaban J connectivity index is 1.48. The zero-order valence-corrected chi connectivity index (χ0v) is 16.0. The Hall–Kier alpha value is -3.53. The predicted molar refractivity (Wildman–Crippen MR) is 113 cm³/mol. The van der Waals surface area contributed by atoms with Crippen LogP contribution in [0.4, 0.5) is 0 Å². The van der Waals surface area contributed by atoms with Crippen molar-refractivity contribution in [2.75, 3.05) is 13.2 Å². The molecule has 4 rings (SSSR count). The molecule has 0 aliphatic carbocycles. The van der Waals surface area contributed by atoms with Crippen molar-refractivity contribution in [2.45, 2.75) is 13.0 Å². The van der Waals surface area contributed by atoms with E-state index < -0.39 is 0 Å². The van der Waals surface area contributed by atoms with Gasteiger partial charge in [-0.3, -0.25) is 4.79 Å². The van der Waals surface area contributed by atoms with Crippen molar-refractivity contribution in [3.63, 3.8) is 0 Å². The van der Waals surface area contributed by atoms with Crippen LogP contribution in [0.2, 0.25) is 0 Å². The summed E-state index contributed by atoms with van der Waals surface area (Å²) in [5.74, 6) is 1.92. The summed E-state index contributed by atoms with van der Waals surface area (Å²) >= 11 is 0. The van der Waals surface area contributed by atoms with Crippen LogP contribution in [0.5, 0.6) is 17.2 Å². The summed E-state index contributed by atoms with van der Waals surface area (Å²) in [6, 6.07) is 22.9. The molecule has 0 saturated carbocycles. The van der Waals surface area contributed by atoms with Crippen molar-refractivity contribution in [2.24, 2.45) is 0 Å². The molecule has 0 aromatic heterocycles. The van der Waals surface area contributed by atoms with E-state index in [9.17, 15) is 4.79 Å². The lowest BCUT2D eigenvalue weighted by molar-refractivity contribution is 0.104. The average molecular weight is 386 g/mol. The molecule has 3 aromatic carbocycles. The largest absolute Gasteiger partial charge is 0.490 e. The molecule has 3 aromatic rings. The molecule has 0 radical (unpaired) electrons. The van der Waals surface area contributed by atoms with E-state index in [1.54, 1.807) is 18.2 Å². The van der Waals surface area contributed by atoms with Crippen molar-refractivity contribution in [3.05, 3.63) is 95.6 Å². The highest BCUT2D eigenvalue weighted by molar-refractivity contribution is 6.08. The molecule has 0 unspecified atom stereocenters. The Kier molecular flexibility index (Phi) is 5.91. The number of para-hydroxylation sites is 1. The second kappa shape index (κ2) is 9.11. The van der Waals surface area contributed by atoms with E-state index in [4.69, 9.17) is 14.2 Å². The van der Waals surface area contributed by atoms with Crippen molar-refractivity contribution in [3.8, 4) is 17.2 Å². The van der Waals surface area contributed by atoms with Gasteiger partial charge in [-0.2, -0.15) is 0 Å². The Bertz CT molecular complexity index is 1010. The molecule has 4 nitrogen and oxygen atoms in total. The van der Waals surface area contributed by atoms with Crippen LogP contribution in [0.3, 0.4) is 0 Å². The summed E-state index contributed by atoms with van der Waals surface area (Å²) in [5, 5.41) is 0. The second-order valence-electron chi connectivity index (χ2n) is 6.72. The van der Waals surface area contributed by atoms with E-state index in [1.807, 2.05) is 66.7 Å². The molecule has 0 fully saturated rings. The molecule has 1 heterocycles. The third-order valence-electron chi connectivity index (χ3n) is 4.59. The summed E-state index contributed by atoms with van der Waals surface area (Å²) < 4.78 is 17.2. The lowest BCUT2D eigenvalue weighted by Gasteiger charge is -2.10. The molecule has 1 aliphatic rings. The van der Waals surface area contributed by atoms with Gasteiger partial charge in [-0.15, -0.1) is 0 Å². The molecule has 0 saturated heterocycles. The summed E-state index contributed by atoms with van der Waals surface area (Å²) in [6.07, 6.45) is 4.20. The molecule has 146 valence electrons. The third kappa shape index (κ3) is 4.85. The van der Waals surface area contributed by atoms with Crippen LogP contribution in [-0.2, 0) is 6.61 Å². The van der Waals surface area contributed by atoms with Gasteiger partial charge in [0, 0.05) is 6.42 Å². The van der Waals surface area contributed by atoms with E-state index >= 15 is 0 Å². The predicted octanol–water partition coefficient (Wildman–Crippen LogP) is 5.32. The molecule has 0 bridgehead atoms. The molecule has 0 atom stereocenters. The standard InChI is InChI=1S/C25H22O4/c26-22(13-11-19-12-14-24-25(17-19)28-16-6-15-27-24)21-9-4-5-10-23(21)29-18-20-7-2-1-3-8-20/h1-5,7-14,17H,6,15-16,18H2/b13-11-. The van der Waals surface area contributed by atoms with Gasteiger partial charge in [0.05, 0.1) is 18.8 Å². The topological polar surface area (TPSA) is 44.8 Å². The van der Waals surface area contributed by atoms with Gasteiger partial charge in [-0.05, 0) is 41.5 Å². The van der Waals surface area contributed by atoms with Gasteiger partial charge in [0.1, 0.15) is 12.4 Å². The molecular weight excluding hydrogens is 364 g/mol. The van der Waals surface area contributed by atoms with Crippen molar-refractivity contribution in [1.82, 2.24) is 0 Å². The number of carbonyl (C=O) groups excluding carboxylic acids is 1. The fourth-order valence-electron chi connectivity index (χ4n) is 3.08. The fourth-order valence-corrected chi connectivity index (χ4v) is 3.08. The molecular formula is C25H22O4. The first kappa shape index (κ1) is 18.8. The first-order valence-electron chi connectivity index (χ1n) is 9.67. The van der Waals surface area contributed by atoms with Gasteiger partial charge in [0.2, 0.25) is 0 Å². The highest BCUT2D eigenvalue weighted by Crippen LogP contribution is 2.31. The maximum atomic E-state index is 12.8. The summed E-state index contributed by atoms with van der Waals surface area (Å²) in [5.41, 5.74) is 2.47. The smallest absolute Gasteiger partial charge is 0.189 e. The fraction of sp³-hybridized carbons (Fsp3) is 0.160. The van der Waals surface area contributed by atoms with Crippen LogP contribution in [0, 0.1) is 0 Å². The van der Waals surface area contributed by atoms with Gasteiger partial charge >= 0.3 is 0 Å². The van der Waals surface area contributed by atoms with Crippen LogP contribution in [0.1, 0.15) is 27.9 Å². The Morgan fingerprint density at radius 1 is 0.897 bits per heavy atom. The number of fused-ring (bicyclic) bond motifs is 1. The minimum Gasteiger partial charge on any atom is -0.490 e. The zero-order chi connectivity index (χ0) is 19.9. The average Bonchev–Trinajstić information content (AvgIpc) is 3.02. The number of hydrogen-bond donors (Lipinski definition) is 0. The van der Waals surface area contributed by atoms with Crippen molar-refractivity contribution < 1.29 is 19.0 Å². The van der Waals surface area contributed by atoms with Gasteiger partial charge in [-0.1, -0.05) is 54.6 Å². The molecule has 0 amide bonds. The van der Waals surface area contributed by atoms with E-state index in [1.165, 1.54) is 0 Å². The van der Waals surface area contributed by atoms with E-state index in [0.29, 0.717) is 36.9 Å². The molecule has 4 heteroatoms. The Morgan fingerprint density at radius 2 is 1.66 bits per heavy atom. The van der Waals surface area contributed by atoms with Crippen LogP contribution in [0.15, 0.2) is 78.9 Å². The first-order chi connectivity index (χ1) is 14.3. The Labute approximate surface area is 170 Å². The van der Waals surface area contributed by atoms with Gasteiger partial charge < -0.3 is 14.2 Å². The van der Waals surface area contributed by atoms with E-state index in [-0.39, 0.29) is 5.78 Å². The van der Waals surface area contributed by atoms with Crippen LogP contribution in [-0.4, -0.2) is 19.0 Å². The quantitative estimate of drug-likeness (QED) is 0.425. The number of benzene rings is 3. The van der Waals surface area contributed by atoms with Crippen LogP contribution in [0.25, 0.3) is 6.08 Å². The molecule has 29 heavy (non-hydrogen) atoms. The lowest BCUT2D eigenvalue weighted by Crippen LogP contribution is -2.02. The SMILES string of the molecule is O=C(/C=C\c1ccc2c(c1)OCCCO2)c1ccccc1OCc1ccccc1. The summed E-state index contributed by atoms with van der Waals surface area (Å²) in [4.78, 5) is 12.8. The third-order valence-corrected chi connectivity index (χ3v) is 4.59. The number of hydrogen-bond acceptors (Lipinski definition) is 4. The van der Waals surface area contributed by atoms with E-state index in [2.05, 4.69) is 0 Å². The number of ether oxygens (including phenoxy) is 3. The minimum atomic E-state index is -0.110. The Morgan fingerprint density at radius 3 is 2.52 bits per heavy atom. The normalized spacial score (nSPS) is 13.1. The number of rotatable bonds is 6. The molecule has 1 aliphatic heterocycles. The lowest BCUT2D eigenvalue weighted by atomic mass is 10.1. The summed E-state index contributed by atoms with van der Waals surface area (Å²) in [6.45, 7) is 1.70. The first-order valence-corrected chi connectivity index (χ1v) is 9.67. The zero-order valence-electron chi connectivity index (χ0n) is 16.0. The monoisotopic (exact) mass is 386 g/mol. The van der Waals surface area contributed by atoms with Crippen LogP contribution < -0.4 is 14.2 Å². The molecule has 0 spiro atoms. The highest BCUT2D eigenvalue weighted by atomic mass is 16.5. The number of carbonyl (C=O) groups is 1. The number of allylic oxidation sites excluding steroid dienone is 1. The van der Waals surface area contributed by atoms with Crippen molar-refractivity contribution in [1.29, 1.82) is 0 Å². The van der Waals surface area contributed by atoms with Crippen LogP contribution >= 0.6 is 0 Å². The number of ketones is 1. The second-order valence-corrected chi connectivity index (χ2v) is 6.72. The molecule has 0 N–H and O–H groups in total. The summed E-state index contributed by atoms with van der Waals surface area (Å²) in [7, 11) is 0. The van der Waals surface area contributed by atoms with Crippen molar-refractivity contribution >= 4 is 11.9 Å². The van der Waals surface area contributed by atoms with Gasteiger partial charge in [-0.25, -0.2) is 0 Å². The van der Waals surface area contributed by atoms with Gasteiger partial charge in [0.25, 0.3) is 0 Å². The van der Waals surface area contributed by atoms with E-state index in [0.717, 1.165) is 23.3 Å². The maximum absolute atomic E-state index is 12.8. The highest BCUT2D eigenvalue weighted by Gasteiger charge is 2.12. The maximum Gasteiger partial charge on any atom is 0.189 e. The van der Waals surface area contributed by atoms with Gasteiger partial charge in [0.15, 0.2) is 17.3 Å².